The standard InChI is InChI=1S/C10H21NO.C8H17NO/c1-9(2,3)7(11)8(12)10(4,5)6;1-6(2)9-7(10)8(3,4)5/h7H,11H2,1-6H3;6H,1-5H3,(H,9,10). The maximum absolute atomic E-state index is 11.7. The van der Waals surface area contributed by atoms with Gasteiger partial charge < -0.3 is 11.1 Å². The van der Waals surface area contributed by atoms with Crippen LogP contribution in [0.1, 0.15) is 76.2 Å². The molecule has 0 saturated heterocycles. The SMILES string of the molecule is CC(C)(C)C(=O)C(N)C(C)(C)C.CC(C)NC(=O)C(C)(C)C. The lowest BCUT2D eigenvalue weighted by atomic mass is 9.76. The van der Waals surface area contributed by atoms with Gasteiger partial charge in [-0.15, -0.1) is 0 Å². The van der Waals surface area contributed by atoms with Crippen molar-refractivity contribution in [2.75, 3.05) is 0 Å². The number of ketones is 1. The summed E-state index contributed by atoms with van der Waals surface area (Å²) in [4.78, 5) is 22.9. The summed E-state index contributed by atoms with van der Waals surface area (Å²) in [5.74, 6) is 0.248. The molecule has 0 bridgehead atoms. The normalized spacial score (nSPS) is 14.0. The summed E-state index contributed by atoms with van der Waals surface area (Å²) in [5, 5.41) is 2.84. The van der Waals surface area contributed by atoms with Crippen LogP contribution >= 0.6 is 0 Å². The minimum Gasteiger partial charge on any atom is -0.353 e. The van der Waals surface area contributed by atoms with Crippen LogP contribution in [0.3, 0.4) is 0 Å². The fourth-order valence-corrected chi connectivity index (χ4v) is 1.34. The summed E-state index contributed by atoms with van der Waals surface area (Å²) in [6, 6.07) is -0.121. The van der Waals surface area contributed by atoms with Gasteiger partial charge in [0.15, 0.2) is 5.78 Å². The molecule has 0 rings (SSSR count). The fraction of sp³-hybridized carbons (Fsp3) is 0.889. The Labute approximate surface area is 137 Å². The molecule has 0 radical (unpaired) electrons. The van der Waals surface area contributed by atoms with Crippen LogP contribution in [-0.4, -0.2) is 23.8 Å². The average Bonchev–Trinajstić information content (AvgIpc) is 2.23. The van der Waals surface area contributed by atoms with E-state index < -0.39 is 0 Å². The molecule has 0 heterocycles. The third-order valence-electron chi connectivity index (χ3n) is 3.06. The van der Waals surface area contributed by atoms with Crippen molar-refractivity contribution in [2.45, 2.75) is 88.2 Å². The van der Waals surface area contributed by atoms with Gasteiger partial charge in [-0.3, -0.25) is 9.59 Å². The highest BCUT2D eigenvalue weighted by atomic mass is 16.2. The first-order chi connectivity index (χ1) is 9.40. The summed E-state index contributed by atoms with van der Waals surface area (Å²) in [6.07, 6.45) is 0. The Morgan fingerprint density at radius 2 is 1.18 bits per heavy atom. The Balaban J connectivity index is 0. The molecule has 4 nitrogen and oxygen atoms in total. The minimum absolute atomic E-state index is 0.113. The number of hydrogen-bond donors (Lipinski definition) is 2. The van der Waals surface area contributed by atoms with E-state index in [1.807, 2.05) is 76.2 Å². The van der Waals surface area contributed by atoms with Crippen molar-refractivity contribution < 1.29 is 9.59 Å². The molecule has 132 valence electrons. The lowest BCUT2D eigenvalue weighted by Gasteiger charge is -2.31. The summed E-state index contributed by atoms with van der Waals surface area (Å²) in [5.41, 5.74) is 5.11. The average molecular weight is 315 g/mol. The quantitative estimate of drug-likeness (QED) is 0.819. The third kappa shape index (κ3) is 9.93. The Kier molecular flexibility index (Phi) is 8.60. The van der Waals surface area contributed by atoms with E-state index in [0.717, 1.165) is 0 Å². The van der Waals surface area contributed by atoms with Crippen LogP contribution in [0.15, 0.2) is 0 Å². The summed E-state index contributed by atoms with van der Waals surface area (Å²) in [7, 11) is 0. The largest absolute Gasteiger partial charge is 0.353 e. The van der Waals surface area contributed by atoms with Gasteiger partial charge in [-0.05, 0) is 19.3 Å². The maximum atomic E-state index is 11.7. The van der Waals surface area contributed by atoms with Crippen LogP contribution in [-0.2, 0) is 9.59 Å². The Morgan fingerprint density at radius 3 is 1.27 bits per heavy atom. The molecular weight excluding hydrogens is 276 g/mol. The van der Waals surface area contributed by atoms with E-state index in [9.17, 15) is 9.59 Å². The number of nitrogens with two attached hydrogens (primary N) is 1. The van der Waals surface area contributed by atoms with Gasteiger partial charge in [0.2, 0.25) is 5.91 Å². The second-order valence-corrected chi connectivity index (χ2v) is 9.34. The molecule has 0 saturated carbocycles. The monoisotopic (exact) mass is 314 g/mol. The van der Waals surface area contributed by atoms with E-state index in [0.29, 0.717) is 0 Å². The van der Waals surface area contributed by atoms with Crippen LogP contribution in [0.2, 0.25) is 0 Å². The molecular formula is C18H38N2O2. The second kappa shape index (κ2) is 8.09. The number of rotatable bonds is 2. The second-order valence-electron chi connectivity index (χ2n) is 9.34. The molecule has 0 aromatic heterocycles. The molecule has 0 aliphatic carbocycles. The zero-order valence-electron chi connectivity index (χ0n) is 16.5. The van der Waals surface area contributed by atoms with Gasteiger partial charge in [0.25, 0.3) is 0 Å². The van der Waals surface area contributed by atoms with Crippen LogP contribution < -0.4 is 11.1 Å². The highest BCUT2D eigenvalue weighted by Gasteiger charge is 2.34. The van der Waals surface area contributed by atoms with Crippen LogP contribution in [0, 0.1) is 16.2 Å². The lowest BCUT2D eigenvalue weighted by Crippen LogP contribution is -2.47. The molecule has 0 aliphatic heterocycles. The van der Waals surface area contributed by atoms with Gasteiger partial charge in [-0.1, -0.05) is 62.3 Å². The Morgan fingerprint density at radius 1 is 0.818 bits per heavy atom. The molecule has 0 aliphatic rings. The van der Waals surface area contributed by atoms with Crippen molar-refractivity contribution in [1.82, 2.24) is 5.32 Å². The molecule has 0 aromatic rings. The van der Waals surface area contributed by atoms with Crippen LogP contribution in [0.5, 0.6) is 0 Å². The van der Waals surface area contributed by atoms with E-state index in [2.05, 4.69) is 5.32 Å². The zero-order valence-corrected chi connectivity index (χ0v) is 16.5. The van der Waals surface area contributed by atoms with Gasteiger partial charge in [-0.2, -0.15) is 0 Å². The van der Waals surface area contributed by atoms with Crippen molar-refractivity contribution in [3.8, 4) is 0 Å². The smallest absolute Gasteiger partial charge is 0.225 e. The Hall–Kier alpha value is -0.900. The highest BCUT2D eigenvalue weighted by Crippen LogP contribution is 2.25. The molecule has 3 N–H and O–H groups in total. The molecule has 1 atom stereocenters. The van der Waals surface area contributed by atoms with Crippen molar-refractivity contribution in [3.63, 3.8) is 0 Å². The summed E-state index contributed by atoms with van der Waals surface area (Å²) >= 11 is 0. The molecule has 0 aromatic carbocycles. The maximum Gasteiger partial charge on any atom is 0.225 e. The van der Waals surface area contributed by atoms with E-state index in [1.54, 1.807) is 0 Å². The Bertz CT molecular complexity index is 366. The van der Waals surface area contributed by atoms with Gasteiger partial charge >= 0.3 is 0 Å². The highest BCUT2D eigenvalue weighted by molar-refractivity contribution is 5.89. The van der Waals surface area contributed by atoms with Crippen molar-refractivity contribution in [3.05, 3.63) is 0 Å². The lowest BCUT2D eigenvalue weighted by molar-refractivity contribution is -0.130. The summed E-state index contributed by atoms with van der Waals surface area (Å²) < 4.78 is 0. The number of nitrogens with one attached hydrogen (secondary N) is 1. The van der Waals surface area contributed by atoms with E-state index >= 15 is 0 Å². The number of carbonyl (C=O) groups excluding carboxylic acids is 2. The predicted octanol–water partition coefficient (Wildman–Crippen LogP) is 3.53. The molecule has 4 heteroatoms. The van der Waals surface area contributed by atoms with Crippen LogP contribution in [0.25, 0.3) is 0 Å². The van der Waals surface area contributed by atoms with Gasteiger partial charge in [-0.25, -0.2) is 0 Å². The van der Waals surface area contributed by atoms with Crippen molar-refractivity contribution >= 4 is 11.7 Å². The predicted molar refractivity (Wildman–Crippen MR) is 94.6 cm³/mol. The first-order valence-corrected chi connectivity index (χ1v) is 8.01. The van der Waals surface area contributed by atoms with E-state index in [1.165, 1.54) is 0 Å². The number of amides is 1. The molecule has 1 unspecified atom stereocenters. The number of hydrogen-bond acceptors (Lipinski definition) is 3. The molecule has 0 fully saturated rings. The first kappa shape index (κ1) is 23.4. The van der Waals surface area contributed by atoms with Gasteiger partial charge in [0.05, 0.1) is 6.04 Å². The summed E-state index contributed by atoms with van der Waals surface area (Å²) in [6.45, 7) is 21.3. The first-order valence-electron chi connectivity index (χ1n) is 8.01. The molecule has 0 spiro atoms. The van der Waals surface area contributed by atoms with Crippen LogP contribution in [0.4, 0.5) is 0 Å². The van der Waals surface area contributed by atoms with Gasteiger partial charge in [0, 0.05) is 16.9 Å². The molecule has 1 amide bonds. The van der Waals surface area contributed by atoms with E-state index in [-0.39, 0.29) is 40.0 Å². The van der Waals surface area contributed by atoms with Crippen molar-refractivity contribution in [1.29, 1.82) is 0 Å². The third-order valence-corrected chi connectivity index (χ3v) is 3.06. The fourth-order valence-electron chi connectivity index (χ4n) is 1.34. The number of carbonyl (C=O) groups is 2. The number of Topliss-reactive ketones (excluding diaryl/α,β-unsaturated/α-hetero) is 1. The zero-order chi connectivity index (χ0) is 18.5. The van der Waals surface area contributed by atoms with Crippen molar-refractivity contribution in [2.24, 2.45) is 22.0 Å². The topological polar surface area (TPSA) is 72.2 Å². The van der Waals surface area contributed by atoms with E-state index in [4.69, 9.17) is 5.73 Å². The minimum atomic E-state index is -0.363. The van der Waals surface area contributed by atoms with Gasteiger partial charge in [0.1, 0.15) is 0 Å². The molecule has 22 heavy (non-hydrogen) atoms.